The molecule has 2 nitrogen and oxygen atoms in total. The van der Waals surface area contributed by atoms with Crippen molar-refractivity contribution in [2.75, 3.05) is 11.0 Å². The molecule has 0 spiro atoms. The van der Waals surface area contributed by atoms with Crippen molar-refractivity contribution in [1.29, 1.82) is 0 Å². The molecule has 0 unspecified atom stereocenters. The Kier molecular flexibility index (Phi) is 6.60. The number of hydrogen-bond acceptors (Lipinski definition) is 3. The van der Waals surface area contributed by atoms with Gasteiger partial charge in [-0.3, -0.25) is 0 Å². The number of rotatable bonds is 7. The fourth-order valence-electron chi connectivity index (χ4n) is 3.99. The van der Waals surface area contributed by atoms with Crippen LogP contribution in [0.25, 0.3) is 10.6 Å². The molecule has 0 fully saturated rings. The van der Waals surface area contributed by atoms with Gasteiger partial charge in [0.05, 0.1) is 12.3 Å². The van der Waals surface area contributed by atoms with E-state index in [1.165, 1.54) is 44.4 Å². The number of thiazole rings is 1. The van der Waals surface area contributed by atoms with E-state index in [4.69, 9.17) is 9.72 Å². The predicted octanol–water partition coefficient (Wildman–Crippen LogP) is 7.33. The average molecular weight is 517 g/mol. The molecule has 4 heteroatoms. The third-order valence-electron chi connectivity index (χ3n) is 5.83. The third kappa shape index (κ3) is 4.69. The average Bonchev–Trinajstić information content (AvgIpc) is 3.31. The van der Waals surface area contributed by atoms with Crippen LogP contribution in [0.1, 0.15) is 59.4 Å². The van der Waals surface area contributed by atoms with Crippen molar-refractivity contribution in [1.82, 2.24) is 4.98 Å². The van der Waals surface area contributed by atoms with Gasteiger partial charge in [0.15, 0.2) is 0 Å². The van der Waals surface area contributed by atoms with E-state index in [-0.39, 0.29) is 0 Å². The summed E-state index contributed by atoms with van der Waals surface area (Å²) >= 11 is 4.28. The summed E-state index contributed by atoms with van der Waals surface area (Å²) in [6.07, 6.45) is 3.31. The lowest BCUT2D eigenvalue weighted by atomic mass is 10.0. The number of hydrogen-bond donors (Lipinski definition) is 0. The fourth-order valence-corrected chi connectivity index (χ4v) is 5.87. The summed E-state index contributed by atoms with van der Waals surface area (Å²) in [5, 5.41) is 1.11. The van der Waals surface area contributed by atoms with E-state index in [2.05, 4.69) is 85.8 Å². The Labute approximate surface area is 191 Å². The van der Waals surface area contributed by atoms with Crippen LogP contribution in [0.3, 0.4) is 0 Å². The van der Waals surface area contributed by atoms with Crippen LogP contribution in [-0.2, 0) is 12.8 Å². The lowest BCUT2D eigenvalue weighted by molar-refractivity contribution is 0.320. The van der Waals surface area contributed by atoms with E-state index in [0.29, 0.717) is 12.5 Å². The third-order valence-corrected chi connectivity index (χ3v) is 7.95. The quantitative estimate of drug-likeness (QED) is 0.242. The largest absolute Gasteiger partial charge is 0.493 e. The molecule has 0 radical (unpaired) electrons. The van der Waals surface area contributed by atoms with E-state index >= 15 is 0 Å². The summed E-state index contributed by atoms with van der Waals surface area (Å²) in [7, 11) is 0. The van der Waals surface area contributed by atoms with E-state index in [9.17, 15) is 0 Å². The number of aromatic nitrogens is 1. The Hall–Kier alpha value is -1.40. The Bertz CT molecular complexity index is 977. The minimum Gasteiger partial charge on any atom is -0.493 e. The monoisotopic (exact) mass is 517 g/mol. The van der Waals surface area contributed by atoms with Crippen molar-refractivity contribution in [3.63, 3.8) is 0 Å². The molecule has 152 valence electrons. The molecule has 29 heavy (non-hydrogen) atoms. The maximum atomic E-state index is 6.08. The minimum absolute atomic E-state index is 0.557. The maximum Gasteiger partial charge on any atom is 0.123 e. The molecule has 3 aromatic rings. The van der Waals surface area contributed by atoms with Crippen LogP contribution < -0.4 is 4.74 Å². The number of fused-ring (bicyclic) bond motifs is 1. The first-order valence-corrected chi connectivity index (χ1v) is 12.8. The molecular formula is C25H28INOS. The molecule has 1 atom stereocenters. The van der Waals surface area contributed by atoms with E-state index < -0.39 is 0 Å². The molecule has 4 rings (SSSR count). The molecule has 0 saturated carbocycles. The molecule has 1 heterocycles. The number of alkyl halides is 1. The minimum atomic E-state index is 0.557. The Morgan fingerprint density at radius 1 is 1.17 bits per heavy atom. The highest BCUT2D eigenvalue weighted by atomic mass is 127. The van der Waals surface area contributed by atoms with Gasteiger partial charge in [0.1, 0.15) is 10.8 Å². The normalized spacial score (nSPS) is 15.7. The van der Waals surface area contributed by atoms with Crippen LogP contribution in [0.2, 0.25) is 0 Å². The first kappa shape index (κ1) is 20.9. The molecule has 0 saturated heterocycles. The number of nitrogens with zero attached hydrogens (tertiary/aromatic N) is 1. The zero-order valence-electron chi connectivity index (χ0n) is 17.4. The SMILES string of the molecule is Cc1sc(-c2ccc(C(C)C)cc2)nc1CCOc1ccc2c(c1)CC[C@H]2CI. The van der Waals surface area contributed by atoms with Gasteiger partial charge < -0.3 is 4.74 Å². The number of benzene rings is 2. The highest BCUT2D eigenvalue weighted by molar-refractivity contribution is 14.1. The van der Waals surface area contributed by atoms with Crippen LogP contribution in [0.4, 0.5) is 0 Å². The van der Waals surface area contributed by atoms with E-state index in [1.54, 1.807) is 11.3 Å². The zero-order chi connectivity index (χ0) is 20.4. The van der Waals surface area contributed by atoms with Gasteiger partial charge in [-0.25, -0.2) is 4.98 Å². The standard InChI is InChI=1S/C25H28INOS/c1-16(2)18-4-6-19(7-5-18)25-27-24(17(3)29-25)12-13-28-22-10-11-23-20(14-22)8-9-21(23)15-26/h4-7,10-11,14,16,21H,8-9,12-13,15H2,1-3H3/t21-/m0/s1. The molecular weight excluding hydrogens is 489 g/mol. The van der Waals surface area contributed by atoms with Gasteiger partial charge in [0.2, 0.25) is 0 Å². The highest BCUT2D eigenvalue weighted by Crippen LogP contribution is 2.36. The second-order valence-corrected chi connectivity index (χ2v) is 10.2. The summed E-state index contributed by atoms with van der Waals surface area (Å²) < 4.78 is 7.28. The summed E-state index contributed by atoms with van der Waals surface area (Å²) in [5.74, 6) is 2.28. The van der Waals surface area contributed by atoms with Crippen LogP contribution in [-0.4, -0.2) is 16.0 Å². The van der Waals surface area contributed by atoms with Gasteiger partial charge in [-0.1, -0.05) is 66.8 Å². The van der Waals surface area contributed by atoms with Crippen LogP contribution in [0.5, 0.6) is 5.75 Å². The van der Waals surface area contributed by atoms with Crippen LogP contribution >= 0.6 is 33.9 Å². The Morgan fingerprint density at radius 3 is 2.69 bits per heavy atom. The van der Waals surface area contributed by atoms with Gasteiger partial charge in [-0.2, -0.15) is 0 Å². The smallest absolute Gasteiger partial charge is 0.123 e. The first-order chi connectivity index (χ1) is 14.0. The van der Waals surface area contributed by atoms with Gasteiger partial charge >= 0.3 is 0 Å². The van der Waals surface area contributed by atoms with Crippen molar-refractivity contribution in [2.24, 2.45) is 0 Å². The summed E-state index contributed by atoms with van der Waals surface area (Å²) in [5.41, 5.74) is 6.73. The molecule has 2 aromatic carbocycles. The second kappa shape index (κ2) is 9.17. The topological polar surface area (TPSA) is 22.1 Å². The van der Waals surface area contributed by atoms with Crippen molar-refractivity contribution in [3.8, 4) is 16.3 Å². The highest BCUT2D eigenvalue weighted by Gasteiger charge is 2.21. The molecule has 1 aliphatic carbocycles. The number of aryl methyl sites for hydroxylation is 2. The van der Waals surface area contributed by atoms with Crippen LogP contribution in [0, 0.1) is 6.92 Å². The van der Waals surface area contributed by atoms with Gasteiger partial charge in [-0.15, -0.1) is 11.3 Å². The molecule has 1 aromatic heterocycles. The van der Waals surface area contributed by atoms with E-state index in [1.807, 2.05) is 0 Å². The number of ether oxygens (including phenoxy) is 1. The van der Waals surface area contributed by atoms with Crippen LogP contribution in [0.15, 0.2) is 42.5 Å². The first-order valence-electron chi connectivity index (χ1n) is 10.4. The molecule has 1 aliphatic rings. The predicted molar refractivity (Wildman–Crippen MR) is 132 cm³/mol. The van der Waals surface area contributed by atoms with Crippen molar-refractivity contribution in [3.05, 3.63) is 69.7 Å². The van der Waals surface area contributed by atoms with Gasteiger partial charge in [0.25, 0.3) is 0 Å². The molecule has 0 aliphatic heterocycles. The van der Waals surface area contributed by atoms with Gasteiger partial charge in [-0.05, 0) is 60.4 Å². The molecule has 0 amide bonds. The Morgan fingerprint density at radius 2 is 1.97 bits per heavy atom. The maximum absolute atomic E-state index is 6.08. The van der Waals surface area contributed by atoms with E-state index in [0.717, 1.165) is 28.8 Å². The second-order valence-electron chi connectivity index (χ2n) is 8.15. The summed E-state index contributed by atoms with van der Waals surface area (Å²) in [6, 6.07) is 15.5. The Balaban J connectivity index is 1.38. The fraction of sp³-hybridized carbons (Fsp3) is 0.400. The van der Waals surface area contributed by atoms with Crippen molar-refractivity contribution in [2.45, 2.75) is 51.9 Å². The molecule has 0 bridgehead atoms. The number of halogens is 1. The van der Waals surface area contributed by atoms with Crippen molar-refractivity contribution >= 4 is 33.9 Å². The lowest BCUT2D eigenvalue weighted by Crippen LogP contribution is -2.03. The van der Waals surface area contributed by atoms with Crippen molar-refractivity contribution < 1.29 is 4.74 Å². The summed E-state index contributed by atoms with van der Waals surface area (Å²) in [6.45, 7) is 7.29. The van der Waals surface area contributed by atoms with Gasteiger partial charge in [0, 0.05) is 21.3 Å². The molecule has 0 N–H and O–H groups in total. The summed E-state index contributed by atoms with van der Waals surface area (Å²) in [4.78, 5) is 6.19. The zero-order valence-corrected chi connectivity index (χ0v) is 20.3. The lowest BCUT2D eigenvalue weighted by Gasteiger charge is -2.10.